The van der Waals surface area contributed by atoms with Gasteiger partial charge in [0, 0.05) is 17.9 Å². The van der Waals surface area contributed by atoms with Crippen LogP contribution in [0, 0.1) is 20.8 Å². The first kappa shape index (κ1) is 14.2. The summed E-state index contributed by atoms with van der Waals surface area (Å²) in [6, 6.07) is 9.64. The Hall–Kier alpha value is -2.23. The fraction of sp³-hybridized carbons (Fsp3) is 0.312. The quantitative estimate of drug-likeness (QED) is 0.860. The molecular weight excluding hydrogens is 250 g/mol. The number of rotatable bonds is 3. The molecule has 1 aromatic carbocycles. The van der Waals surface area contributed by atoms with Crippen LogP contribution >= 0.6 is 0 Å². The van der Waals surface area contributed by atoms with Gasteiger partial charge in [0.25, 0.3) is 5.91 Å². The smallest absolute Gasteiger partial charge is 0.276 e. The van der Waals surface area contributed by atoms with E-state index in [4.69, 9.17) is 0 Å². The van der Waals surface area contributed by atoms with Gasteiger partial charge in [0.05, 0.1) is 0 Å². The minimum Gasteiger partial charge on any atom is -0.307 e. The number of hydrogen-bond donors (Lipinski definition) is 0. The van der Waals surface area contributed by atoms with E-state index in [1.54, 1.807) is 17.9 Å². The summed E-state index contributed by atoms with van der Waals surface area (Å²) < 4.78 is 0. The van der Waals surface area contributed by atoms with Gasteiger partial charge in [-0.25, -0.2) is 9.97 Å². The Kier molecular flexibility index (Phi) is 4.13. The largest absolute Gasteiger partial charge is 0.307 e. The maximum Gasteiger partial charge on any atom is 0.276 e. The van der Waals surface area contributed by atoms with E-state index in [2.05, 4.69) is 9.97 Å². The van der Waals surface area contributed by atoms with Crippen molar-refractivity contribution in [3.63, 3.8) is 0 Å². The third kappa shape index (κ3) is 3.02. The van der Waals surface area contributed by atoms with Gasteiger partial charge in [-0.05, 0) is 51.5 Å². The monoisotopic (exact) mass is 269 g/mol. The highest BCUT2D eigenvalue weighted by molar-refractivity contribution is 6.04. The summed E-state index contributed by atoms with van der Waals surface area (Å²) in [7, 11) is 0. The molecule has 0 saturated heterocycles. The molecule has 2 aromatic rings. The third-order valence-corrected chi connectivity index (χ3v) is 3.06. The molecule has 2 rings (SSSR count). The Bertz CT molecular complexity index is 617. The number of benzene rings is 1. The molecular formula is C16H19N3O. The molecule has 1 aromatic heterocycles. The second-order valence-electron chi connectivity index (χ2n) is 4.83. The van der Waals surface area contributed by atoms with Gasteiger partial charge in [-0.3, -0.25) is 4.79 Å². The van der Waals surface area contributed by atoms with Crippen LogP contribution < -0.4 is 4.90 Å². The average molecular weight is 269 g/mol. The summed E-state index contributed by atoms with van der Waals surface area (Å²) in [6.07, 6.45) is 0. The first-order valence-corrected chi connectivity index (χ1v) is 6.72. The summed E-state index contributed by atoms with van der Waals surface area (Å²) in [4.78, 5) is 22.8. The second kappa shape index (κ2) is 5.82. The third-order valence-electron chi connectivity index (χ3n) is 3.06. The average Bonchev–Trinajstić information content (AvgIpc) is 2.38. The van der Waals surface area contributed by atoms with E-state index >= 15 is 0 Å². The number of carbonyl (C=O) groups is 1. The molecule has 0 aliphatic carbocycles. The van der Waals surface area contributed by atoms with Crippen molar-refractivity contribution in [3.8, 4) is 0 Å². The standard InChI is InChI=1S/C16H19N3O/c1-5-19(14-8-6-7-11(2)9-14)16(20)15-10-12(3)17-13(4)18-15/h6-10H,5H2,1-4H3. The molecule has 0 fully saturated rings. The van der Waals surface area contributed by atoms with Crippen LogP contribution in [0.2, 0.25) is 0 Å². The van der Waals surface area contributed by atoms with Gasteiger partial charge in [-0.1, -0.05) is 12.1 Å². The lowest BCUT2D eigenvalue weighted by molar-refractivity contribution is 0.0983. The van der Waals surface area contributed by atoms with Gasteiger partial charge in [-0.2, -0.15) is 0 Å². The topological polar surface area (TPSA) is 46.1 Å². The summed E-state index contributed by atoms with van der Waals surface area (Å²) >= 11 is 0. The number of nitrogens with zero attached hydrogens (tertiary/aromatic N) is 3. The highest BCUT2D eigenvalue weighted by Gasteiger charge is 2.18. The highest BCUT2D eigenvalue weighted by atomic mass is 16.2. The lowest BCUT2D eigenvalue weighted by Crippen LogP contribution is -2.31. The SMILES string of the molecule is CCN(C(=O)c1cc(C)nc(C)n1)c1cccc(C)c1. The molecule has 4 nitrogen and oxygen atoms in total. The molecule has 0 bridgehead atoms. The number of amides is 1. The Morgan fingerprint density at radius 3 is 2.50 bits per heavy atom. The molecule has 1 heterocycles. The highest BCUT2D eigenvalue weighted by Crippen LogP contribution is 2.18. The van der Waals surface area contributed by atoms with Crippen molar-refractivity contribution >= 4 is 11.6 Å². The Balaban J connectivity index is 2.38. The molecule has 20 heavy (non-hydrogen) atoms. The van der Waals surface area contributed by atoms with Crippen LogP contribution in [0.1, 0.15) is 34.5 Å². The second-order valence-corrected chi connectivity index (χ2v) is 4.83. The van der Waals surface area contributed by atoms with E-state index in [1.807, 2.05) is 45.0 Å². The van der Waals surface area contributed by atoms with Crippen molar-refractivity contribution in [2.45, 2.75) is 27.7 Å². The van der Waals surface area contributed by atoms with Crippen LogP contribution in [0.25, 0.3) is 0 Å². The Morgan fingerprint density at radius 2 is 1.90 bits per heavy atom. The van der Waals surface area contributed by atoms with Crippen LogP contribution in [0.5, 0.6) is 0 Å². The first-order chi connectivity index (χ1) is 9.51. The summed E-state index contributed by atoms with van der Waals surface area (Å²) in [5.41, 5.74) is 3.27. The summed E-state index contributed by atoms with van der Waals surface area (Å²) in [5.74, 6) is 0.528. The van der Waals surface area contributed by atoms with Crippen molar-refractivity contribution in [1.29, 1.82) is 0 Å². The molecule has 0 N–H and O–H groups in total. The molecule has 0 aliphatic heterocycles. The van der Waals surface area contributed by atoms with Crippen molar-refractivity contribution < 1.29 is 4.79 Å². The van der Waals surface area contributed by atoms with E-state index < -0.39 is 0 Å². The molecule has 0 saturated carbocycles. The maximum atomic E-state index is 12.6. The van der Waals surface area contributed by atoms with E-state index in [0.29, 0.717) is 18.1 Å². The zero-order valence-electron chi connectivity index (χ0n) is 12.3. The molecule has 104 valence electrons. The zero-order valence-corrected chi connectivity index (χ0v) is 12.3. The van der Waals surface area contributed by atoms with Gasteiger partial charge in [0.15, 0.2) is 0 Å². The lowest BCUT2D eigenvalue weighted by Gasteiger charge is -2.21. The van der Waals surface area contributed by atoms with Crippen molar-refractivity contribution in [3.05, 3.63) is 53.1 Å². The van der Waals surface area contributed by atoms with Crippen LogP contribution in [0.3, 0.4) is 0 Å². The molecule has 4 heteroatoms. The summed E-state index contributed by atoms with van der Waals surface area (Å²) in [6.45, 7) is 8.24. The van der Waals surface area contributed by atoms with Crippen LogP contribution in [-0.2, 0) is 0 Å². The molecule has 0 radical (unpaired) electrons. The molecule has 0 atom stereocenters. The molecule has 0 aliphatic rings. The van der Waals surface area contributed by atoms with Gasteiger partial charge < -0.3 is 4.90 Å². The lowest BCUT2D eigenvalue weighted by atomic mass is 10.2. The molecule has 1 amide bonds. The number of aryl methyl sites for hydroxylation is 3. The normalized spacial score (nSPS) is 10.4. The Morgan fingerprint density at radius 1 is 1.15 bits per heavy atom. The number of aromatic nitrogens is 2. The van der Waals surface area contributed by atoms with Gasteiger partial charge >= 0.3 is 0 Å². The predicted molar refractivity (Wildman–Crippen MR) is 80.0 cm³/mol. The van der Waals surface area contributed by atoms with Crippen LogP contribution in [0.4, 0.5) is 5.69 Å². The van der Waals surface area contributed by atoms with E-state index in [-0.39, 0.29) is 5.91 Å². The van der Waals surface area contributed by atoms with Gasteiger partial charge in [0.2, 0.25) is 0 Å². The fourth-order valence-electron chi connectivity index (χ4n) is 2.20. The minimum absolute atomic E-state index is 0.0910. The maximum absolute atomic E-state index is 12.6. The van der Waals surface area contributed by atoms with Crippen molar-refractivity contribution in [2.24, 2.45) is 0 Å². The number of anilines is 1. The van der Waals surface area contributed by atoms with Crippen molar-refractivity contribution in [1.82, 2.24) is 9.97 Å². The van der Waals surface area contributed by atoms with Crippen LogP contribution in [-0.4, -0.2) is 22.4 Å². The molecule has 0 unspecified atom stereocenters. The van der Waals surface area contributed by atoms with E-state index in [0.717, 1.165) is 16.9 Å². The van der Waals surface area contributed by atoms with Gasteiger partial charge in [-0.15, -0.1) is 0 Å². The van der Waals surface area contributed by atoms with E-state index in [1.165, 1.54) is 0 Å². The number of carbonyl (C=O) groups excluding carboxylic acids is 1. The minimum atomic E-state index is -0.0910. The Labute approximate surface area is 119 Å². The zero-order chi connectivity index (χ0) is 14.7. The van der Waals surface area contributed by atoms with Crippen LogP contribution in [0.15, 0.2) is 30.3 Å². The van der Waals surface area contributed by atoms with Gasteiger partial charge in [0.1, 0.15) is 11.5 Å². The fourth-order valence-corrected chi connectivity index (χ4v) is 2.20. The van der Waals surface area contributed by atoms with Crippen molar-refractivity contribution in [2.75, 3.05) is 11.4 Å². The van der Waals surface area contributed by atoms with E-state index in [9.17, 15) is 4.79 Å². The predicted octanol–water partition coefficient (Wildman–Crippen LogP) is 3.07. The molecule has 0 spiro atoms. The number of hydrogen-bond acceptors (Lipinski definition) is 3. The first-order valence-electron chi connectivity index (χ1n) is 6.72. The summed E-state index contributed by atoms with van der Waals surface area (Å²) in [5, 5.41) is 0.